The third kappa shape index (κ3) is 6.15. The van der Waals surface area contributed by atoms with Gasteiger partial charge in [0.25, 0.3) is 0 Å². The van der Waals surface area contributed by atoms with Crippen LogP contribution >= 0.6 is 11.5 Å². The molecule has 11 heteroatoms. The fourth-order valence-electron chi connectivity index (χ4n) is 5.94. The number of fused-ring (bicyclic) bond motifs is 2. The monoisotopic (exact) mass is 576 g/mol. The Morgan fingerprint density at radius 1 is 0.902 bits per heavy atom. The zero-order chi connectivity index (χ0) is 28.2. The van der Waals surface area contributed by atoms with E-state index in [-0.39, 0.29) is 31.0 Å². The molecule has 4 amide bonds. The number of nitrogens with zero attached hydrogens (tertiary/aromatic N) is 6. The average Bonchev–Trinajstić information content (AvgIpc) is 3.44. The molecule has 3 aliphatic rings. The summed E-state index contributed by atoms with van der Waals surface area (Å²) in [6, 6.07) is 17.4. The van der Waals surface area contributed by atoms with Gasteiger partial charge in [0.05, 0.1) is 10.7 Å². The summed E-state index contributed by atoms with van der Waals surface area (Å²) in [5.41, 5.74) is 0.921. The molecule has 0 spiro atoms. The first-order valence-electron chi connectivity index (χ1n) is 14.4. The van der Waals surface area contributed by atoms with Crippen molar-refractivity contribution in [2.45, 2.75) is 31.9 Å². The predicted octanol–water partition coefficient (Wildman–Crippen LogP) is 3.87. The number of anilines is 1. The number of imide groups is 1. The molecule has 3 fully saturated rings. The molecule has 0 radical (unpaired) electrons. The van der Waals surface area contributed by atoms with Crippen molar-refractivity contribution >= 4 is 45.5 Å². The Balaban J connectivity index is 0.916. The van der Waals surface area contributed by atoms with Crippen LogP contribution in [0, 0.1) is 0 Å². The molecule has 216 valence electrons. The van der Waals surface area contributed by atoms with Crippen molar-refractivity contribution in [1.29, 1.82) is 0 Å². The zero-order valence-electron chi connectivity index (χ0n) is 23.2. The number of ether oxygens (including phenoxy) is 1. The van der Waals surface area contributed by atoms with E-state index in [1.807, 2.05) is 30.3 Å². The Morgan fingerprint density at radius 3 is 2.49 bits per heavy atom. The van der Waals surface area contributed by atoms with Crippen LogP contribution in [0.5, 0.6) is 0 Å². The Bertz CT molecular complexity index is 1380. The van der Waals surface area contributed by atoms with Gasteiger partial charge in [0.2, 0.25) is 5.91 Å². The van der Waals surface area contributed by atoms with E-state index >= 15 is 0 Å². The average molecular weight is 577 g/mol. The van der Waals surface area contributed by atoms with Crippen molar-refractivity contribution in [2.75, 3.05) is 63.8 Å². The number of unbranched alkanes of at least 4 members (excludes halogenated alkanes) is 1. The Labute approximate surface area is 244 Å². The highest BCUT2D eigenvalue weighted by atomic mass is 32.1. The highest BCUT2D eigenvalue weighted by Gasteiger charge is 2.42. The summed E-state index contributed by atoms with van der Waals surface area (Å²) in [6.45, 7) is 6.58. The number of aromatic nitrogens is 1. The minimum atomic E-state index is -0.406. The fraction of sp³-hybridized carbons (Fsp3) is 0.467. The van der Waals surface area contributed by atoms with Crippen LogP contribution in [0.2, 0.25) is 0 Å². The topological polar surface area (TPSA) is 89.5 Å². The lowest BCUT2D eigenvalue weighted by molar-refractivity contribution is -0.133. The molecule has 0 bridgehead atoms. The van der Waals surface area contributed by atoms with Crippen LogP contribution in [0.15, 0.2) is 54.6 Å². The maximum Gasteiger partial charge on any atom is 0.410 e. The van der Waals surface area contributed by atoms with Gasteiger partial charge in [0.15, 0.2) is 0 Å². The Morgan fingerprint density at radius 2 is 1.66 bits per heavy atom. The first-order chi connectivity index (χ1) is 20.1. The molecule has 1 unspecified atom stereocenters. The van der Waals surface area contributed by atoms with Gasteiger partial charge >= 0.3 is 12.1 Å². The van der Waals surface area contributed by atoms with Crippen LogP contribution in [0.1, 0.15) is 24.8 Å². The van der Waals surface area contributed by atoms with Gasteiger partial charge in [0, 0.05) is 64.2 Å². The van der Waals surface area contributed by atoms with Gasteiger partial charge in [-0.1, -0.05) is 42.5 Å². The molecule has 1 aromatic heterocycles. The van der Waals surface area contributed by atoms with E-state index in [4.69, 9.17) is 9.11 Å². The SMILES string of the molecule is O=C(OCc1ccccc1)N1CCN2C(=O)N(CCCCN3CCN(c4nsc5ccccc45)CC3)C(=O)CC2C1. The van der Waals surface area contributed by atoms with E-state index in [0.717, 1.165) is 56.9 Å². The van der Waals surface area contributed by atoms with Crippen molar-refractivity contribution in [3.8, 4) is 0 Å². The molecule has 3 aliphatic heterocycles. The second-order valence-corrected chi connectivity index (χ2v) is 11.7. The third-order valence-electron chi connectivity index (χ3n) is 8.27. The van der Waals surface area contributed by atoms with Gasteiger partial charge in [0.1, 0.15) is 12.4 Å². The lowest BCUT2D eigenvalue weighted by Crippen LogP contribution is -2.64. The molecule has 0 N–H and O–H groups in total. The first-order valence-corrected chi connectivity index (χ1v) is 15.2. The van der Waals surface area contributed by atoms with Crippen molar-refractivity contribution in [1.82, 2.24) is 24.0 Å². The number of rotatable bonds is 8. The second-order valence-electron chi connectivity index (χ2n) is 10.9. The largest absolute Gasteiger partial charge is 0.445 e. The van der Waals surface area contributed by atoms with Gasteiger partial charge in [-0.25, -0.2) is 9.59 Å². The van der Waals surface area contributed by atoms with E-state index < -0.39 is 6.09 Å². The van der Waals surface area contributed by atoms with Crippen molar-refractivity contribution in [2.24, 2.45) is 0 Å². The molecular weight excluding hydrogens is 540 g/mol. The summed E-state index contributed by atoms with van der Waals surface area (Å²) < 4.78 is 11.4. The summed E-state index contributed by atoms with van der Waals surface area (Å²) in [7, 11) is 0. The van der Waals surface area contributed by atoms with E-state index in [2.05, 4.69) is 34.1 Å². The minimum absolute atomic E-state index is 0.153. The standard InChI is InChI=1S/C30H36N6O4S/c37-27-20-24-21-34(30(39)40-22-23-8-2-1-3-9-23)18-19-35(24)29(38)36(27)13-7-6-12-32-14-16-33(17-15-32)28-25-10-4-5-11-26(25)41-31-28/h1-5,8-11,24H,6-7,12-22H2. The number of carbonyl (C=O) groups excluding carboxylic acids is 3. The molecule has 0 aliphatic carbocycles. The fourth-order valence-corrected chi connectivity index (χ4v) is 6.74. The summed E-state index contributed by atoms with van der Waals surface area (Å²) in [5.74, 6) is 0.940. The smallest absolute Gasteiger partial charge is 0.410 e. The molecule has 10 nitrogen and oxygen atoms in total. The van der Waals surface area contributed by atoms with Crippen LogP contribution in [0.4, 0.5) is 15.4 Å². The van der Waals surface area contributed by atoms with Crippen LogP contribution in [-0.4, -0.2) is 107 Å². The molecule has 3 saturated heterocycles. The highest BCUT2D eigenvalue weighted by Crippen LogP contribution is 2.30. The lowest BCUT2D eigenvalue weighted by Gasteiger charge is -2.45. The summed E-state index contributed by atoms with van der Waals surface area (Å²) in [4.78, 5) is 48.3. The second kappa shape index (κ2) is 12.4. The number of carbonyl (C=O) groups is 3. The third-order valence-corrected chi connectivity index (χ3v) is 9.09. The Hall–Kier alpha value is -3.70. The minimum Gasteiger partial charge on any atom is -0.445 e. The summed E-state index contributed by atoms with van der Waals surface area (Å²) in [6.07, 6.45) is 1.55. The number of hydrogen-bond acceptors (Lipinski definition) is 8. The van der Waals surface area contributed by atoms with Crippen molar-refractivity contribution in [3.05, 3.63) is 60.2 Å². The van der Waals surface area contributed by atoms with E-state index in [0.29, 0.717) is 26.2 Å². The van der Waals surface area contributed by atoms with Crippen LogP contribution in [0.25, 0.3) is 10.1 Å². The summed E-state index contributed by atoms with van der Waals surface area (Å²) in [5, 5.41) is 1.23. The molecule has 41 heavy (non-hydrogen) atoms. The van der Waals surface area contributed by atoms with E-state index in [9.17, 15) is 14.4 Å². The number of amides is 4. The molecule has 2 aromatic carbocycles. The quantitative estimate of drug-likeness (QED) is 0.376. The zero-order valence-corrected chi connectivity index (χ0v) is 24.0. The first kappa shape index (κ1) is 27.5. The molecule has 3 aromatic rings. The number of hydrogen-bond donors (Lipinski definition) is 0. The molecule has 4 heterocycles. The normalized spacial score (nSPS) is 20.0. The number of urea groups is 1. The van der Waals surface area contributed by atoms with Crippen molar-refractivity contribution < 1.29 is 19.1 Å². The molecule has 0 saturated carbocycles. The van der Waals surface area contributed by atoms with E-state index in [1.54, 1.807) is 21.3 Å². The number of piperazine rings is 2. The van der Waals surface area contributed by atoms with Crippen LogP contribution in [0.3, 0.4) is 0 Å². The molecular formula is C30H36N6O4S. The van der Waals surface area contributed by atoms with Gasteiger partial charge < -0.3 is 19.4 Å². The molecule has 6 rings (SSSR count). The highest BCUT2D eigenvalue weighted by molar-refractivity contribution is 7.13. The van der Waals surface area contributed by atoms with Crippen LogP contribution in [-0.2, 0) is 16.1 Å². The van der Waals surface area contributed by atoms with Crippen molar-refractivity contribution in [3.63, 3.8) is 0 Å². The Kier molecular flexibility index (Phi) is 8.33. The summed E-state index contributed by atoms with van der Waals surface area (Å²) >= 11 is 1.56. The maximum absolute atomic E-state index is 13.2. The predicted molar refractivity (Wildman–Crippen MR) is 158 cm³/mol. The number of benzene rings is 2. The van der Waals surface area contributed by atoms with Gasteiger partial charge in [-0.2, -0.15) is 4.37 Å². The van der Waals surface area contributed by atoms with Gasteiger partial charge in [-0.15, -0.1) is 0 Å². The molecule has 1 atom stereocenters. The lowest BCUT2D eigenvalue weighted by atomic mass is 10.0. The van der Waals surface area contributed by atoms with Crippen LogP contribution < -0.4 is 4.90 Å². The van der Waals surface area contributed by atoms with Gasteiger partial charge in [-0.3, -0.25) is 14.6 Å². The van der Waals surface area contributed by atoms with Gasteiger partial charge in [-0.05, 0) is 48.6 Å². The maximum atomic E-state index is 13.2. The van der Waals surface area contributed by atoms with E-state index in [1.165, 1.54) is 15.0 Å².